The van der Waals surface area contributed by atoms with Crippen LogP contribution in [0.2, 0.25) is 0 Å². The molecule has 1 aromatic heterocycles. The average Bonchev–Trinajstić information content (AvgIpc) is 2.83. The van der Waals surface area contributed by atoms with Crippen LogP contribution in [0.1, 0.15) is 11.4 Å². The average molecular weight is 284 g/mol. The van der Waals surface area contributed by atoms with E-state index in [4.69, 9.17) is 10.00 Å². The first kappa shape index (κ1) is 14.1. The van der Waals surface area contributed by atoms with Crippen LogP contribution in [0.15, 0.2) is 18.2 Å². The Hall–Kier alpha value is -1.90. The zero-order valence-corrected chi connectivity index (χ0v) is 12.4. The number of fused-ring (bicyclic) bond motifs is 1. The molecule has 1 aromatic carbocycles. The first-order valence-corrected chi connectivity index (χ1v) is 7.41. The fourth-order valence-corrected chi connectivity index (χ4v) is 2.81. The molecule has 5 heteroatoms. The Morgan fingerprint density at radius 3 is 2.86 bits per heavy atom. The molecular weight excluding hydrogens is 264 g/mol. The van der Waals surface area contributed by atoms with E-state index in [0.717, 1.165) is 56.3 Å². The number of hydrogen-bond donors (Lipinski definition) is 0. The van der Waals surface area contributed by atoms with Gasteiger partial charge < -0.3 is 9.30 Å². The highest BCUT2D eigenvalue weighted by molar-refractivity contribution is 5.77. The van der Waals surface area contributed by atoms with Crippen molar-refractivity contribution in [2.75, 3.05) is 32.8 Å². The molecule has 110 valence electrons. The van der Waals surface area contributed by atoms with E-state index in [1.54, 1.807) is 0 Å². The highest BCUT2D eigenvalue weighted by Crippen LogP contribution is 2.18. The Kier molecular flexibility index (Phi) is 4.18. The second-order valence-corrected chi connectivity index (χ2v) is 5.46. The van der Waals surface area contributed by atoms with Gasteiger partial charge in [-0.05, 0) is 24.6 Å². The van der Waals surface area contributed by atoms with Crippen molar-refractivity contribution >= 4 is 11.0 Å². The van der Waals surface area contributed by atoms with Crippen molar-refractivity contribution in [2.45, 2.75) is 19.9 Å². The van der Waals surface area contributed by atoms with Crippen molar-refractivity contribution in [2.24, 2.45) is 0 Å². The molecule has 2 aromatic rings. The summed E-state index contributed by atoms with van der Waals surface area (Å²) in [5.41, 5.74) is 3.31. The number of ether oxygens (including phenoxy) is 1. The number of aromatic nitrogens is 2. The number of morpholine rings is 1. The van der Waals surface area contributed by atoms with Crippen molar-refractivity contribution in [1.29, 1.82) is 5.26 Å². The number of aryl methyl sites for hydroxylation is 1. The smallest absolute Gasteiger partial charge is 0.124 e. The summed E-state index contributed by atoms with van der Waals surface area (Å²) in [4.78, 5) is 7.03. The first-order valence-electron chi connectivity index (χ1n) is 7.41. The first-order chi connectivity index (χ1) is 10.3. The minimum Gasteiger partial charge on any atom is -0.379 e. The highest BCUT2D eigenvalue weighted by atomic mass is 16.5. The fraction of sp³-hybridized carbons (Fsp3) is 0.500. The summed E-state index contributed by atoms with van der Waals surface area (Å²) in [6.45, 7) is 7.51. The minimum absolute atomic E-state index is 0.358. The molecule has 5 nitrogen and oxygen atoms in total. The van der Waals surface area contributed by atoms with Crippen LogP contribution in [0.5, 0.6) is 0 Å². The van der Waals surface area contributed by atoms with Crippen molar-refractivity contribution < 1.29 is 4.74 Å². The summed E-state index contributed by atoms with van der Waals surface area (Å²) in [6.07, 6.45) is 0.358. The number of nitriles is 1. The largest absolute Gasteiger partial charge is 0.379 e. The molecule has 0 atom stereocenters. The Morgan fingerprint density at radius 2 is 2.10 bits per heavy atom. The molecule has 1 aliphatic rings. The third-order valence-electron chi connectivity index (χ3n) is 3.96. The number of nitrogens with zero attached hydrogens (tertiary/aromatic N) is 4. The predicted molar refractivity (Wildman–Crippen MR) is 81.0 cm³/mol. The molecule has 1 aliphatic heterocycles. The van der Waals surface area contributed by atoms with Crippen molar-refractivity contribution in [1.82, 2.24) is 14.5 Å². The molecule has 0 spiro atoms. The van der Waals surface area contributed by atoms with Crippen LogP contribution in [0, 0.1) is 18.3 Å². The Bertz CT molecular complexity index is 665. The third kappa shape index (κ3) is 3.07. The number of benzene rings is 1. The molecule has 0 unspecified atom stereocenters. The maximum Gasteiger partial charge on any atom is 0.124 e. The minimum atomic E-state index is 0.358. The summed E-state index contributed by atoms with van der Waals surface area (Å²) >= 11 is 0. The van der Waals surface area contributed by atoms with Gasteiger partial charge in [-0.2, -0.15) is 5.26 Å². The molecule has 0 radical (unpaired) electrons. The Balaban J connectivity index is 1.84. The van der Waals surface area contributed by atoms with Gasteiger partial charge in [-0.25, -0.2) is 4.98 Å². The van der Waals surface area contributed by atoms with E-state index in [1.807, 2.05) is 0 Å². The summed E-state index contributed by atoms with van der Waals surface area (Å²) in [6, 6.07) is 8.52. The lowest BCUT2D eigenvalue weighted by atomic mass is 10.2. The fourth-order valence-electron chi connectivity index (χ4n) is 2.81. The summed E-state index contributed by atoms with van der Waals surface area (Å²) < 4.78 is 7.57. The molecule has 0 aliphatic carbocycles. The van der Waals surface area contributed by atoms with E-state index in [2.05, 4.69) is 45.6 Å². The van der Waals surface area contributed by atoms with Crippen LogP contribution in [0.4, 0.5) is 0 Å². The molecule has 2 heterocycles. The molecule has 21 heavy (non-hydrogen) atoms. The lowest BCUT2D eigenvalue weighted by molar-refractivity contribution is 0.0364. The van der Waals surface area contributed by atoms with Crippen LogP contribution in [-0.4, -0.2) is 47.3 Å². The van der Waals surface area contributed by atoms with E-state index >= 15 is 0 Å². The van der Waals surface area contributed by atoms with Gasteiger partial charge in [-0.1, -0.05) is 6.07 Å². The topological polar surface area (TPSA) is 54.1 Å². The maximum atomic E-state index is 9.01. The second-order valence-electron chi connectivity index (χ2n) is 5.46. The molecule has 1 saturated heterocycles. The number of imidazole rings is 1. The van der Waals surface area contributed by atoms with Gasteiger partial charge in [0.2, 0.25) is 0 Å². The summed E-state index contributed by atoms with van der Waals surface area (Å²) in [7, 11) is 0. The number of rotatable bonds is 4. The van der Waals surface area contributed by atoms with Crippen LogP contribution in [0.25, 0.3) is 11.0 Å². The van der Waals surface area contributed by atoms with E-state index < -0.39 is 0 Å². The predicted octanol–water partition coefficient (Wildman–Crippen LogP) is 1.74. The van der Waals surface area contributed by atoms with Gasteiger partial charge in [0.15, 0.2) is 0 Å². The highest BCUT2D eigenvalue weighted by Gasteiger charge is 2.14. The SMILES string of the molecule is Cc1ccc2c(c1)nc(CC#N)n2CCN1CCOCC1. The zero-order valence-electron chi connectivity index (χ0n) is 12.4. The lowest BCUT2D eigenvalue weighted by Crippen LogP contribution is -2.38. The molecule has 0 N–H and O–H groups in total. The van der Waals surface area contributed by atoms with E-state index in [9.17, 15) is 0 Å². The van der Waals surface area contributed by atoms with E-state index in [-0.39, 0.29) is 0 Å². The third-order valence-corrected chi connectivity index (χ3v) is 3.96. The quantitative estimate of drug-likeness (QED) is 0.858. The molecule has 0 saturated carbocycles. The van der Waals surface area contributed by atoms with Crippen LogP contribution < -0.4 is 0 Å². The van der Waals surface area contributed by atoms with Crippen LogP contribution in [-0.2, 0) is 17.7 Å². The number of hydrogen-bond acceptors (Lipinski definition) is 4. The second kappa shape index (κ2) is 6.25. The van der Waals surface area contributed by atoms with Gasteiger partial charge in [0.1, 0.15) is 5.82 Å². The Morgan fingerprint density at radius 1 is 1.29 bits per heavy atom. The molecule has 3 rings (SSSR count). The standard InChI is InChI=1S/C16H20N4O/c1-13-2-3-15-14(12-13)18-16(4-5-17)20(15)7-6-19-8-10-21-11-9-19/h2-3,12H,4,6-11H2,1H3. The van der Waals surface area contributed by atoms with Gasteiger partial charge >= 0.3 is 0 Å². The van der Waals surface area contributed by atoms with Gasteiger partial charge in [0, 0.05) is 26.2 Å². The molecule has 0 amide bonds. The van der Waals surface area contributed by atoms with Gasteiger partial charge in [-0.3, -0.25) is 4.90 Å². The normalized spacial score (nSPS) is 16.2. The monoisotopic (exact) mass is 284 g/mol. The Labute approximate surface area is 124 Å². The van der Waals surface area contributed by atoms with Crippen LogP contribution >= 0.6 is 0 Å². The zero-order chi connectivity index (χ0) is 14.7. The lowest BCUT2D eigenvalue weighted by Gasteiger charge is -2.26. The molecule has 0 bridgehead atoms. The van der Waals surface area contributed by atoms with Crippen molar-refractivity contribution in [3.8, 4) is 6.07 Å². The van der Waals surface area contributed by atoms with Crippen LogP contribution in [0.3, 0.4) is 0 Å². The van der Waals surface area contributed by atoms with Gasteiger partial charge in [0.05, 0.1) is 36.7 Å². The summed E-state index contributed by atoms with van der Waals surface area (Å²) in [5, 5.41) is 9.01. The van der Waals surface area contributed by atoms with E-state index in [1.165, 1.54) is 5.56 Å². The molecule has 1 fully saturated rings. The van der Waals surface area contributed by atoms with Crippen molar-refractivity contribution in [3.05, 3.63) is 29.6 Å². The van der Waals surface area contributed by atoms with E-state index in [0.29, 0.717) is 6.42 Å². The molecular formula is C16H20N4O. The van der Waals surface area contributed by atoms with Gasteiger partial charge in [-0.15, -0.1) is 0 Å². The summed E-state index contributed by atoms with van der Waals surface area (Å²) in [5.74, 6) is 0.867. The van der Waals surface area contributed by atoms with Crippen molar-refractivity contribution in [3.63, 3.8) is 0 Å². The maximum absolute atomic E-state index is 9.01. The van der Waals surface area contributed by atoms with Gasteiger partial charge in [0.25, 0.3) is 0 Å².